The summed E-state index contributed by atoms with van der Waals surface area (Å²) in [5, 5.41) is 2.82. The molecule has 2 aromatic heterocycles. The van der Waals surface area contributed by atoms with E-state index in [0.29, 0.717) is 30.7 Å². The summed E-state index contributed by atoms with van der Waals surface area (Å²) in [6.45, 7) is 7.38. The number of benzene rings is 1. The Bertz CT molecular complexity index is 1180. The first-order chi connectivity index (χ1) is 15.8. The van der Waals surface area contributed by atoms with Crippen molar-refractivity contribution in [3.8, 4) is 17.2 Å². The van der Waals surface area contributed by atoms with Crippen molar-refractivity contribution in [1.82, 2.24) is 15.0 Å². The number of aryl methyl sites for hydroxylation is 1. The van der Waals surface area contributed by atoms with Gasteiger partial charge in [-0.25, -0.2) is 9.97 Å². The van der Waals surface area contributed by atoms with Gasteiger partial charge >= 0.3 is 0 Å². The molecule has 1 aromatic carbocycles. The number of imidazole rings is 1. The van der Waals surface area contributed by atoms with Gasteiger partial charge in [0, 0.05) is 30.1 Å². The fourth-order valence-electron chi connectivity index (χ4n) is 4.31. The van der Waals surface area contributed by atoms with Gasteiger partial charge in [0.25, 0.3) is 0 Å². The molecule has 2 N–H and O–H groups in total. The molecule has 7 heteroatoms. The molecule has 1 atom stereocenters. The first kappa shape index (κ1) is 21.5. The smallest absolute Gasteiger partial charge is 0.225 e. The van der Waals surface area contributed by atoms with Crippen LogP contribution in [0.4, 0.5) is 5.82 Å². The third-order valence-electron chi connectivity index (χ3n) is 6.22. The number of pyridine rings is 1. The molecule has 2 aliphatic heterocycles. The molecule has 0 saturated carbocycles. The lowest BCUT2D eigenvalue weighted by atomic mass is 9.90. The zero-order chi connectivity index (χ0) is 23.0. The van der Waals surface area contributed by atoms with E-state index in [1.165, 1.54) is 5.69 Å². The standard InChI is InChI=1S/C26H30N4O3/c1-26(2,3)10-8-18-14-28-24(29-18)17-12-16-13-19(4-6-21(16)32-15-17)33-22-9-11-27-25-20(22)5-7-23(31)30-25/h4,6,9,11,13-14,17H,5,7-8,10,12,15H2,1-3H3,(H,28,29)(H,27,30,31). The van der Waals surface area contributed by atoms with Crippen molar-refractivity contribution < 1.29 is 14.3 Å². The molecule has 0 aliphatic carbocycles. The number of aromatic amines is 1. The minimum atomic E-state index is -0.0105. The van der Waals surface area contributed by atoms with Gasteiger partial charge in [-0.05, 0) is 60.9 Å². The Labute approximate surface area is 194 Å². The second kappa shape index (κ2) is 8.54. The van der Waals surface area contributed by atoms with Crippen LogP contribution in [0.2, 0.25) is 0 Å². The van der Waals surface area contributed by atoms with E-state index in [4.69, 9.17) is 9.47 Å². The highest BCUT2D eigenvalue weighted by Crippen LogP contribution is 2.37. The normalized spacial score (nSPS) is 17.5. The van der Waals surface area contributed by atoms with Crippen LogP contribution in [-0.4, -0.2) is 27.5 Å². The van der Waals surface area contributed by atoms with E-state index in [2.05, 4.69) is 41.0 Å². The number of ether oxygens (including phenoxy) is 2. The molecular formula is C26H30N4O3. The van der Waals surface area contributed by atoms with Gasteiger partial charge in [-0.3, -0.25) is 4.79 Å². The second-order valence-electron chi connectivity index (χ2n) is 10.1. The van der Waals surface area contributed by atoms with E-state index < -0.39 is 0 Å². The van der Waals surface area contributed by atoms with E-state index in [1.807, 2.05) is 30.5 Å². The summed E-state index contributed by atoms with van der Waals surface area (Å²) in [4.78, 5) is 24.1. The van der Waals surface area contributed by atoms with Gasteiger partial charge < -0.3 is 19.8 Å². The molecule has 0 spiro atoms. The van der Waals surface area contributed by atoms with Crippen LogP contribution in [0.3, 0.4) is 0 Å². The third kappa shape index (κ3) is 4.87. The Kier molecular flexibility index (Phi) is 5.56. The average molecular weight is 447 g/mol. The second-order valence-corrected chi connectivity index (χ2v) is 10.1. The average Bonchev–Trinajstić information content (AvgIpc) is 3.26. The van der Waals surface area contributed by atoms with Crippen LogP contribution in [0.15, 0.2) is 36.7 Å². The molecule has 3 aromatic rings. The maximum atomic E-state index is 11.7. The first-order valence-electron chi connectivity index (χ1n) is 11.6. The molecule has 1 unspecified atom stereocenters. The van der Waals surface area contributed by atoms with Crippen LogP contribution in [0.25, 0.3) is 0 Å². The van der Waals surface area contributed by atoms with Gasteiger partial charge in [-0.15, -0.1) is 0 Å². The molecule has 0 bridgehead atoms. The van der Waals surface area contributed by atoms with Crippen molar-refractivity contribution in [3.05, 3.63) is 59.3 Å². The van der Waals surface area contributed by atoms with Gasteiger partial charge in [-0.2, -0.15) is 0 Å². The summed E-state index contributed by atoms with van der Waals surface area (Å²) < 4.78 is 12.3. The fourth-order valence-corrected chi connectivity index (χ4v) is 4.31. The van der Waals surface area contributed by atoms with Crippen molar-refractivity contribution in [1.29, 1.82) is 0 Å². The number of hydrogen-bond donors (Lipinski definition) is 2. The predicted molar refractivity (Wildman–Crippen MR) is 126 cm³/mol. The minimum Gasteiger partial charge on any atom is -0.493 e. The maximum Gasteiger partial charge on any atom is 0.225 e. The van der Waals surface area contributed by atoms with E-state index in [1.54, 1.807) is 6.20 Å². The van der Waals surface area contributed by atoms with Gasteiger partial charge in [0.1, 0.15) is 28.9 Å². The number of carbonyl (C=O) groups is 1. The van der Waals surface area contributed by atoms with Gasteiger partial charge in [0.2, 0.25) is 5.91 Å². The lowest BCUT2D eigenvalue weighted by molar-refractivity contribution is -0.116. The predicted octanol–water partition coefficient (Wildman–Crippen LogP) is 5.18. The van der Waals surface area contributed by atoms with Crippen LogP contribution in [0.1, 0.15) is 62.2 Å². The molecule has 2 aliphatic rings. The highest BCUT2D eigenvalue weighted by atomic mass is 16.5. The van der Waals surface area contributed by atoms with Crippen LogP contribution in [0, 0.1) is 5.41 Å². The number of hydrogen-bond acceptors (Lipinski definition) is 5. The number of nitrogens with zero attached hydrogens (tertiary/aromatic N) is 2. The van der Waals surface area contributed by atoms with E-state index in [-0.39, 0.29) is 11.8 Å². The van der Waals surface area contributed by atoms with Crippen LogP contribution < -0.4 is 14.8 Å². The molecule has 0 fully saturated rings. The molecule has 7 nitrogen and oxygen atoms in total. The number of nitrogens with one attached hydrogen (secondary N) is 2. The topological polar surface area (TPSA) is 89.1 Å². The number of anilines is 1. The highest BCUT2D eigenvalue weighted by molar-refractivity contribution is 5.93. The molecule has 0 saturated heterocycles. The lowest BCUT2D eigenvalue weighted by Gasteiger charge is -2.25. The Morgan fingerprint density at radius 1 is 1.18 bits per heavy atom. The van der Waals surface area contributed by atoms with Crippen molar-refractivity contribution in [3.63, 3.8) is 0 Å². The zero-order valence-electron chi connectivity index (χ0n) is 19.4. The molecule has 4 heterocycles. The summed E-state index contributed by atoms with van der Waals surface area (Å²) in [6, 6.07) is 7.77. The lowest BCUT2D eigenvalue weighted by Crippen LogP contribution is -2.21. The summed E-state index contributed by atoms with van der Waals surface area (Å²) in [5.41, 5.74) is 3.51. The number of fused-ring (bicyclic) bond motifs is 2. The molecule has 5 rings (SSSR count). The number of carbonyl (C=O) groups excluding carboxylic acids is 1. The van der Waals surface area contributed by atoms with Crippen molar-refractivity contribution in [2.75, 3.05) is 11.9 Å². The SMILES string of the molecule is CC(C)(C)CCc1cnc(C2COc3ccc(Oc4ccnc5c4CCC(=O)N5)cc3C2)[nH]1. The van der Waals surface area contributed by atoms with E-state index >= 15 is 0 Å². The molecular weight excluding hydrogens is 416 g/mol. The quantitative estimate of drug-likeness (QED) is 0.564. The van der Waals surface area contributed by atoms with Crippen LogP contribution in [-0.2, 0) is 24.1 Å². The maximum absolute atomic E-state index is 11.7. The third-order valence-corrected chi connectivity index (χ3v) is 6.22. The summed E-state index contributed by atoms with van der Waals surface area (Å²) in [6.07, 6.45) is 7.62. The minimum absolute atomic E-state index is 0.0105. The van der Waals surface area contributed by atoms with Crippen molar-refractivity contribution >= 4 is 11.7 Å². The van der Waals surface area contributed by atoms with Crippen molar-refractivity contribution in [2.45, 2.75) is 58.8 Å². The summed E-state index contributed by atoms with van der Waals surface area (Å²) in [7, 11) is 0. The summed E-state index contributed by atoms with van der Waals surface area (Å²) in [5.74, 6) is 4.10. The van der Waals surface area contributed by atoms with Gasteiger partial charge in [0.05, 0.1) is 12.5 Å². The number of H-pyrrole nitrogens is 1. The molecule has 172 valence electrons. The number of aromatic nitrogens is 3. The van der Waals surface area contributed by atoms with Gasteiger partial charge in [-0.1, -0.05) is 20.8 Å². The monoisotopic (exact) mass is 446 g/mol. The Balaban J connectivity index is 1.31. The molecule has 33 heavy (non-hydrogen) atoms. The van der Waals surface area contributed by atoms with Crippen LogP contribution >= 0.6 is 0 Å². The summed E-state index contributed by atoms with van der Waals surface area (Å²) >= 11 is 0. The molecule has 0 radical (unpaired) electrons. The Hall–Kier alpha value is -3.35. The number of rotatable bonds is 5. The van der Waals surface area contributed by atoms with Crippen molar-refractivity contribution in [2.24, 2.45) is 5.41 Å². The van der Waals surface area contributed by atoms with Gasteiger partial charge in [0.15, 0.2) is 0 Å². The largest absolute Gasteiger partial charge is 0.493 e. The Morgan fingerprint density at radius 2 is 2.06 bits per heavy atom. The van der Waals surface area contributed by atoms with E-state index in [0.717, 1.165) is 53.5 Å². The molecule has 1 amide bonds. The highest BCUT2D eigenvalue weighted by Gasteiger charge is 2.25. The van der Waals surface area contributed by atoms with Crippen LogP contribution in [0.5, 0.6) is 17.2 Å². The number of amides is 1. The zero-order valence-corrected chi connectivity index (χ0v) is 19.4. The van der Waals surface area contributed by atoms with E-state index in [9.17, 15) is 4.79 Å². The first-order valence-corrected chi connectivity index (χ1v) is 11.6. The Morgan fingerprint density at radius 3 is 2.91 bits per heavy atom. The fraction of sp³-hybridized carbons (Fsp3) is 0.423.